The molecule has 0 atom stereocenters. The first-order chi connectivity index (χ1) is 19.4. The molecule has 41 heavy (non-hydrogen) atoms. The van der Waals surface area contributed by atoms with Gasteiger partial charge in [-0.05, 0) is 83.6 Å². The van der Waals surface area contributed by atoms with Gasteiger partial charge in [0.1, 0.15) is 33.6 Å². The molecule has 0 spiro atoms. The summed E-state index contributed by atoms with van der Waals surface area (Å²) in [5.74, 6) is 0.566. The Balaban J connectivity index is 1.35. The molecule has 0 aromatic carbocycles. The number of nitrogens with zero attached hydrogens (tertiary/aromatic N) is 3. The second-order valence-corrected chi connectivity index (χ2v) is 12.3. The Morgan fingerprint density at radius 3 is 2.61 bits per heavy atom. The van der Waals surface area contributed by atoms with E-state index >= 15 is 0 Å². The number of nitrogens with one attached hydrogen (secondary N) is 2. The Labute approximate surface area is 243 Å². The Morgan fingerprint density at radius 2 is 1.90 bits per heavy atom. The third-order valence-corrected chi connectivity index (χ3v) is 7.75. The molecule has 12 heteroatoms. The number of carboxylic acid groups (broad SMARTS) is 1. The zero-order valence-electron chi connectivity index (χ0n) is 23.8. The van der Waals surface area contributed by atoms with Gasteiger partial charge in [-0.1, -0.05) is 0 Å². The van der Waals surface area contributed by atoms with Crippen LogP contribution in [0.15, 0.2) is 36.7 Å². The maximum Gasteiger partial charge on any atom is 0.407 e. The van der Waals surface area contributed by atoms with Gasteiger partial charge in [0.05, 0.1) is 23.1 Å². The van der Waals surface area contributed by atoms with E-state index in [1.807, 2.05) is 39.8 Å². The minimum atomic E-state index is -1.12. The lowest BCUT2D eigenvalue weighted by atomic mass is 9.79. The van der Waals surface area contributed by atoms with Crippen LogP contribution in [0.25, 0.3) is 10.6 Å². The van der Waals surface area contributed by atoms with E-state index in [2.05, 4.69) is 20.6 Å². The molecule has 0 bridgehead atoms. The van der Waals surface area contributed by atoms with Crippen molar-refractivity contribution in [2.24, 2.45) is 5.92 Å². The van der Waals surface area contributed by atoms with Crippen molar-refractivity contribution >= 4 is 35.0 Å². The predicted octanol–water partition coefficient (Wildman–Crippen LogP) is 5.41. The van der Waals surface area contributed by atoms with Gasteiger partial charge in [0, 0.05) is 25.0 Å². The number of carbonyl (C=O) groups is 2. The summed E-state index contributed by atoms with van der Waals surface area (Å²) in [5.41, 5.74) is 0.0434. The highest BCUT2D eigenvalue weighted by atomic mass is 32.1. The normalized spacial score (nSPS) is 18.9. The van der Waals surface area contributed by atoms with Crippen LogP contribution < -0.4 is 15.4 Å². The van der Waals surface area contributed by atoms with Crippen molar-refractivity contribution in [3.05, 3.63) is 47.2 Å². The zero-order valence-corrected chi connectivity index (χ0v) is 24.6. The third-order valence-electron chi connectivity index (χ3n) is 6.53. The van der Waals surface area contributed by atoms with Gasteiger partial charge in [-0.2, -0.15) is 0 Å². The molecule has 1 fully saturated rings. The minimum Gasteiger partial charge on any atom is -0.493 e. The Morgan fingerprint density at radius 1 is 1.15 bits per heavy atom. The van der Waals surface area contributed by atoms with E-state index in [9.17, 15) is 19.8 Å². The van der Waals surface area contributed by atoms with E-state index in [0.717, 1.165) is 10.4 Å². The minimum absolute atomic E-state index is 0.370. The van der Waals surface area contributed by atoms with Crippen LogP contribution in [-0.4, -0.2) is 56.0 Å². The lowest BCUT2D eigenvalue weighted by molar-refractivity contribution is -0.145. The summed E-state index contributed by atoms with van der Waals surface area (Å²) in [6.07, 6.45) is 5.10. The number of aliphatic carboxylic acids is 1. The number of carbonyl (C=O) groups excluding carboxylic acids is 1. The summed E-state index contributed by atoms with van der Waals surface area (Å²) < 4.78 is 11.0. The summed E-state index contributed by atoms with van der Waals surface area (Å²) in [5, 5.41) is 27.0. The van der Waals surface area contributed by atoms with Crippen LogP contribution in [-0.2, 0) is 15.1 Å². The number of aryl methyl sites for hydroxylation is 1. The summed E-state index contributed by atoms with van der Waals surface area (Å²) in [7, 11) is 0. The number of aromatic nitrogens is 3. The van der Waals surface area contributed by atoms with Crippen LogP contribution in [0.4, 0.5) is 16.4 Å². The molecule has 1 saturated carbocycles. The molecular weight excluding hydrogens is 546 g/mol. The number of hydrogen-bond donors (Lipinski definition) is 4. The SMILES string of the molecule is Cc1cc(Nc2cc(OCCCNC(=O)OC(C)(C)C)ccn2)nc(-c2cnc([C@]3(O)CC[C@H](C(=O)O)CC3)s2)c1. The quantitative estimate of drug-likeness (QED) is 0.228. The third kappa shape index (κ3) is 8.61. The van der Waals surface area contributed by atoms with E-state index in [1.54, 1.807) is 24.5 Å². The van der Waals surface area contributed by atoms with Crippen LogP contribution in [0.1, 0.15) is 63.4 Å². The molecule has 1 aliphatic rings. The summed E-state index contributed by atoms with van der Waals surface area (Å²) in [4.78, 5) is 37.4. The molecule has 0 radical (unpaired) electrons. The number of pyridine rings is 2. The molecule has 0 aliphatic heterocycles. The topological polar surface area (TPSA) is 156 Å². The number of thiazole rings is 1. The number of amides is 1. The van der Waals surface area contributed by atoms with Gasteiger partial charge in [0.2, 0.25) is 0 Å². The Bertz CT molecular complexity index is 1360. The first kappa shape index (κ1) is 30.2. The van der Waals surface area contributed by atoms with Crippen molar-refractivity contribution in [3.8, 4) is 16.3 Å². The maximum atomic E-state index is 11.7. The van der Waals surface area contributed by atoms with Crippen LogP contribution in [0.5, 0.6) is 5.75 Å². The monoisotopic (exact) mass is 583 g/mol. The highest BCUT2D eigenvalue weighted by Crippen LogP contribution is 2.42. The van der Waals surface area contributed by atoms with Crippen molar-refractivity contribution in [2.45, 2.75) is 71.0 Å². The number of hydrogen-bond acceptors (Lipinski definition) is 10. The number of carboxylic acids is 1. The average Bonchev–Trinajstić information content (AvgIpc) is 3.39. The fourth-order valence-corrected chi connectivity index (χ4v) is 5.51. The van der Waals surface area contributed by atoms with Crippen molar-refractivity contribution in [1.82, 2.24) is 20.3 Å². The number of alkyl carbamates (subject to hydrolysis) is 1. The molecule has 4 N–H and O–H groups in total. The molecule has 1 aliphatic carbocycles. The fourth-order valence-electron chi connectivity index (χ4n) is 4.49. The van der Waals surface area contributed by atoms with E-state index in [0.29, 0.717) is 73.3 Å². The predicted molar refractivity (Wildman–Crippen MR) is 155 cm³/mol. The van der Waals surface area contributed by atoms with Crippen LogP contribution >= 0.6 is 11.3 Å². The highest BCUT2D eigenvalue weighted by molar-refractivity contribution is 7.15. The zero-order chi connectivity index (χ0) is 29.6. The van der Waals surface area contributed by atoms with E-state index < -0.39 is 29.2 Å². The van der Waals surface area contributed by atoms with Crippen molar-refractivity contribution in [1.29, 1.82) is 0 Å². The van der Waals surface area contributed by atoms with Crippen LogP contribution in [0.3, 0.4) is 0 Å². The Kier molecular flexibility index (Phi) is 9.44. The van der Waals surface area contributed by atoms with Crippen LogP contribution in [0.2, 0.25) is 0 Å². The molecule has 0 saturated heterocycles. The molecular formula is C29H37N5O6S. The lowest BCUT2D eigenvalue weighted by Crippen LogP contribution is -2.33. The van der Waals surface area contributed by atoms with Crippen LogP contribution in [0, 0.1) is 12.8 Å². The molecule has 3 aromatic heterocycles. The first-order valence-electron chi connectivity index (χ1n) is 13.6. The van der Waals surface area contributed by atoms with E-state index in [1.165, 1.54) is 11.3 Å². The fraction of sp³-hybridized carbons (Fsp3) is 0.483. The van der Waals surface area contributed by atoms with Gasteiger partial charge >= 0.3 is 12.1 Å². The largest absolute Gasteiger partial charge is 0.493 e. The van der Waals surface area contributed by atoms with Gasteiger partial charge in [-0.3, -0.25) is 4.79 Å². The molecule has 1 amide bonds. The number of ether oxygens (including phenoxy) is 2. The number of rotatable bonds is 10. The van der Waals surface area contributed by atoms with Gasteiger partial charge in [-0.15, -0.1) is 11.3 Å². The molecule has 3 aromatic rings. The molecule has 0 unspecified atom stereocenters. The van der Waals surface area contributed by atoms with Crippen molar-refractivity contribution in [3.63, 3.8) is 0 Å². The number of anilines is 2. The summed E-state index contributed by atoms with van der Waals surface area (Å²) >= 11 is 1.38. The highest BCUT2D eigenvalue weighted by Gasteiger charge is 2.39. The van der Waals surface area contributed by atoms with E-state index in [-0.39, 0.29) is 0 Å². The lowest BCUT2D eigenvalue weighted by Gasteiger charge is -2.32. The molecule has 220 valence electrons. The summed E-state index contributed by atoms with van der Waals surface area (Å²) in [6.45, 7) is 8.25. The van der Waals surface area contributed by atoms with Gasteiger partial charge < -0.3 is 30.3 Å². The number of aliphatic hydroxyl groups is 1. The van der Waals surface area contributed by atoms with Gasteiger partial charge in [-0.25, -0.2) is 19.7 Å². The first-order valence-corrected chi connectivity index (χ1v) is 14.5. The molecule has 3 heterocycles. The van der Waals surface area contributed by atoms with Gasteiger partial charge in [0.25, 0.3) is 0 Å². The van der Waals surface area contributed by atoms with Crippen molar-refractivity contribution in [2.75, 3.05) is 18.5 Å². The summed E-state index contributed by atoms with van der Waals surface area (Å²) in [6, 6.07) is 7.39. The Hall–Kier alpha value is -3.77. The average molecular weight is 584 g/mol. The van der Waals surface area contributed by atoms with E-state index in [4.69, 9.17) is 14.5 Å². The maximum absolute atomic E-state index is 11.7. The molecule has 11 nitrogen and oxygen atoms in total. The van der Waals surface area contributed by atoms with Crippen molar-refractivity contribution < 1.29 is 29.3 Å². The van der Waals surface area contributed by atoms with Gasteiger partial charge in [0.15, 0.2) is 0 Å². The second-order valence-electron chi connectivity index (χ2n) is 11.2. The molecule has 4 rings (SSSR count). The second kappa shape index (κ2) is 12.8. The smallest absolute Gasteiger partial charge is 0.407 e. The standard InChI is InChI=1S/C29H37N5O6S/c1-18-14-21(22-17-32-26(41-22)29(38)9-6-19(7-10-29)25(35)36)33-24(15-18)34-23-16-20(8-12-30-23)39-13-5-11-31-27(37)40-28(2,3)4/h8,12,14-17,19,38H,5-7,9-11,13H2,1-4H3,(H,31,37)(H,35,36)(H,30,33,34)/t19-,29-.